The van der Waals surface area contributed by atoms with E-state index in [1.165, 1.54) is 16.7 Å². The van der Waals surface area contributed by atoms with Gasteiger partial charge in [-0.2, -0.15) is 0 Å². The molecule has 4 rings (SSSR count). The Hall–Kier alpha value is -2.30. The highest BCUT2D eigenvalue weighted by molar-refractivity contribution is 6.72. The smallest absolute Gasteiger partial charge is 0.304 e. The molecular weight excluding hydrogens is 435 g/mol. The van der Waals surface area contributed by atoms with E-state index < -0.39 is 43.8 Å². The average molecular weight is 465 g/mol. The van der Waals surface area contributed by atoms with Crippen LogP contribution in [0.2, 0.25) is 18.6 Å². The topological polar surface area (TPSA) is 96.4 Å². The number of anilines is 2. The Kier molecular flexibility index (Phi) is 5.46. The fourth-order valence-electron chi connectivity index (χ4n) is 5.67. The second-order valence-corrected chi connectivity index (χ2v) is 13.2. The van der Waals surface area contributed by atoms with Crippen LogP contribution in [0.15, 0.2) is 18.2 Å². The maximum atomic E-state index is 15.4. The Morgan fingerprint density at radius 2 is 2.06 bits per heavy atom. The number of β-lactam (4-membered cyclic amide) rings is 1. The van der Waals surface area contributed by atoms with Crippen LogP contribution in [0.25, 0.3) is 0 Å². The van der Waals surface area contributed by atoms with Crippen LogP contribution in [0, 0.1) is 5.92 Å². The Labute approximate surface area is 187 Å². The number of hydrogen-bond donors (Lipinski definition) is 1. The van der Waals surface area contributed by atoms with Crippen LogP contribution in [0.5, 0.6) is 0 Å². The summed E-state index contributed by atoms with van der Waals surface area (Å²) in [5.74, 6) is -1.44. The second kappa shape index (κ2) is 7.63. The zero-order valence-electron chi connectivity index (χ0n) is 18.9. The maximum Gasteiger partial charge on any atom is 0.304 e. The summed E-state index contributed by atoms with van der Waals surface area (Å²) in [6.07, 6.45) is -0.955. The molecule has 1 unspecified atom stereocenters. The lowest BCUT2D eigenvalue weighted by Gasteiger charge is -2.39. The number of aliphatic hydroxyl groups is 1. The Morgan fingerprint density at radius 3 is 2.62 bits per heavy atom. The molecule has 5 atom stereocenters. The number of nitrogens with zero attached hydrogens (tertiary/aromatic N) is 2. The molecule has 2 saturated heterocycles. The number of esters is 1. The highest BCUT2D eigenvalue weighted by Gasteiger charge is 2.66. The molecule has 1 N–H and O–H groups in total. The number of ether oxygens (including phenoxy) is 2. The number of benzene rings is 1. The van der Waals surface area contributed by atoms with Gasteiger partial charge in [-0.25, -0.2) is 0 Å². The summed E-state index contributed by atoms with van der Waals surface area (Å²) in [5.41, 5.74) is -0.194. The molecule has 1 aromatic rings. The molecule has 8 nitrogen and oxygen atoms in total. The lowest BCUT2D eigenvalue weighted by molar-refractivity contribution is -0.153. The number of rotatable bonds is 5. The highest BCUT2D eigenvalue weighted by Crippen LogP contribution is 2.60. The SMILES string of the molecule is CC(=O)OC1CC(=O)N1c1ccc2c(c1)[C@@]1(O[C@H](CCO)[C@@H]([Si](C)(C)F)[C@@H]1C)C(=O)N2C. The first-order valence-electron chi connectivity index (χ1n) is 10.8. The number of amides is 2. The zero-order chi connectivity index (χ0) is 23.6. The molecule has 1 spiro atoms. The van der Waals surface area contributed by atoms with Gasteiger partial charge in [-0.15, -0.1) is 0 Å². The van der Waals surface area contributed by atoms with E-state index in [-0.39, 0.29) is 31.3 Å². The van der Waals surface area contributed by atoms with Crippen LogP contribution < -0.4 is 9.80 Å². The molecule has 3 aliphatic rings. The van der Waals surface area contributed by atoms with Crippen LogP contribution in [0.1, 0.15) is 32.3 Å². The van der Waals surface area contributed by atoms with E-state index in [1.54, 1.807) is 38.3 Å². The van der Waals surface area contributed by atoms with Crippen molar-refractivity contribution >= 4 is 37.6 Å². The Morgan fingerprint density at radius 1 is 1.38 bits per heavy atom. The summed E-state index contributed by atoms with van der Waals surface area (Å²) in [7, 11) is -1.61. The van der Waals surface area contributed by atoms with Gasteiger partial charge in [0.1, 0.15) is 0 Å². The number of carbonyl (C=O) groups excluding carboxylic acids is 3. The molecule has 10 heteroatoms. The van der Waals surface area contributed by atoms with E-state index >= 15 is 4.11 Å². The van der Waals surface area contributed by atoms with Crippen LogP contribution in [0.3, 0.4) is 0 Å². The van der Waals surface area contributed by atoms with Crippen molar-refractivity contribution in [3.63, 3.8) is 0 Å². The molecule has 0 bridgehead atoms. The van der Waals surface area contributed by atoms with Gasteiger partial charge in [0.2, 0.25) is 14.3 Å². The predicted octanol–water partition coefficient (Wildman–Crippen LogP) is 2.45. The normalized spacial score (nSPS) is 31.8. The van der Waals surface area contributed by atoms with E-state index in [9.17, 15) is 19.5 Å². The van der Waals surface area contributed by atoms with E-state index in [0.29, 0.717) is 16.9 Å². The molecule has 2 amide bonds. The quantitative estimate of drug-likeness (QED) is 0.311. The molecule has 0 saturated carbocycles. The number of fused-ring (bicyclic) bond motifs is 2. The van der Waals surface area contributed by atoms with Crippen LogP contribution in [-0.2, 0) is 29.5 Å². The summed E-state index contributed by atoms with van der Waals surface area (Å²) < 4.78 is 27.0. The first-order chi connectivity index (χ1) is 14.9. The minimum Gasteiger partial charge on any atom is -0.441 e. The minimum atomic E-state index is -3.25. The zero-order valence-corrected chi connectivity index (χ0v) is 19.9. The maximum absolute atomic E-state index is 15.4. The predicted molar refractivity (Wildman–Crippen MR) is 117 cm³/mol. The van der Waals surface area contributed by atoms with Gasteiger partial charge in [-0.3, -0.25) is 19.3 Å². The van der Waals surface area contributed by atoms with Gasteiger partial charge in [0.25, 0.3) is 5.91 Å². The molecule has 174 valence electrons. The number of likely N-dealkylation sites (N-methyl/N-ethyl adjacent to an activating group) is 1. The van der Waals surface area contributed by atoms with Crippen molar-refractivity contribution in [2.24, 2.45) is 5.92 Å². The number of aliphatic hydroxyl groups excluding tert-OH is 1. The summed E-state index contributed by atoms with van der Waals surface area (Å²) in [5, 5.41) is 9.56. The first kappa shape index (κ1) is 22.9. The van der Waals surface area contributed by atoms with Crippen LogP contribution >= 0.6 is 0 Å². The standard InChI is InChI=1S/C22H29FN2O6Si/c1-12-20(32(4,5)23)17(8-9-26)31-22(12)15-10-14(6-7-16(15)24(3)21(22)29)25-18(28)11-19(25)30-13(2)27/h6-7,10,12,17,19-20,26H,8-9,11H2,1-5H3/t12-,17+,19?,20-,22+/m0/s1. The van der Waals surface area contributed by atoms with Crippen molar-refractivity contribution in [2.75, 3.05) is 23.5 Å². The molecular formula is C22H29FN2O6Si. The molecule has 32 heavy (non-hydrogen) atoms. The number of halogens is 1. The van der Waals surface area contributed by atoms with Gasteiger partial charge in [0.05, 0.1) is 18.2 Å². The third-order valence-electron chi connectivity index (χ3n) is 6.97. The minimum absolute atomic E-state index is 0.0931. The van der Waals surface area contributed by atoms with Gasteiger partial charge in [0.15, 0.2) is 11.8 Å². The van der Waals surface area contributed by atoms with E-state index in [0.717, 1.165) is 0 Å². The number of carbonyl (C=O) groups is 3. The fourth-order valence-corrected chi connectivity index (χ4v) is 8.21. The van der Waals surface area contributed by atoms with Gasteiger partial charge in [0, 0.05) is 43.3 Å². The molecule has 0 radical (unpaired) electrons. The average Bonchev–Trinajstić information content (AvgIpc) is 3.09. The Balaban J connectivity index is 1.80. The lowest BCUT2D eigenvalue weighted by Crippen LogP contribution is -2.55. The van der Waals surface area contributed by atoms with E-state index in [1.807, 2.05) is 6.92 Å². The van der Waals surface area contributed by atoms with Crippen LogP contribution in [0.4, 0.5) is 15.5 Å². The first-order valence-corrected chi connectivity index (χ1v) is 13.8. The Bertz CT molecular complexity index is 982. The summed E-state index contributed by atoms with van der Waals surface area (Å²) in [6, 6.07) is 5.15. The van der Waals surface area contributed by atoms with Gasteiger partial charge < -0.3 is 23.6 Å². The van der Waals surface area contributed by atoms with Crippen molar-refractivity contribution in [3.05, 3.63) is 23.8 Å². The molecule has 1 aromatic carbocycles. The molecule has 2 fully saturated rings. The highest BCUT2D eigenvalue weighted by atomic mass is 28.4. The molecule has 3 heterocycles. The van der Waals surface area contributed by atoms with Crippen LogP contribution in [-0.4, -0.2) is 57.3 Å². The van der Waals surface area contributed by atoms with Gasteiger partial charge in [-0.05, 0) is 37.7 Å². The summed E-state index contributed by atoms with van der Waals surface area (Å²) in [4.78, 5) is 40.1. The summed E-state index contributed by atoms with van der Waals surface area (Å²) >= 11 is 0. The summed E-state index contributed by atoms with van der Waals surface area (Å²) in [6.45, 7) is 6.15. The van der Waals surface area contributed by atoms with E-state index in [2.05, 4.69) is 0 Å². The van der Waals surface area contributed by atoms with Crippen molar-refractivity contribution in [2.45, 2.75) is 63.3 Å². The molecule has 0 aromatic heterocycles. The van der Waals surface area contributed by atoms with E-state index in [4.69, 9.17) is 9.47 Å². The third-order valence-corrected chi connectivity index (χ3v) is 9.43. The van der Waals surface area contributed by atoms with Gasteiger partial charge >= 0.3 is 5.97 Å². The molecule has 0 aliphatic carbocycles. The second-order valence-electron chi connectivity index (χ2n) is 9.38. The van der Waals surface area contributed by atoms with Crippen molar-refractivity contribution in [1.82, 2.24) is 0 Å². The monoisotopic (exact) mass is 464 g/mol. The largest absolute Gasteiger partial charge is 0.441 e. The lowest BCUT2D eigenvalue weighted by atomic mass is 9.82. The van der Waals surface area contributed by atoms with Gasteiger partial charge in [-0.1, -0.05) is 6.92 Å². The van der Waals surface area contributed by atoms with Crippen molar-refractivity contribution < 1.29 is 33.1 Å². The number of hydrogen-bond acceptors (Lipinski definition) is 6. The third kappa shape index (κ3) is 3.19. The molecule has 3 aliphatic heterocycles. The van der Waals surface area contributed by atoms with Crippen molar-refractivity contribution in [3.8, 4) is 0 Å². The van der Waals surface area contributed by atoms with Crippen molar-refractivity contribution in [1.29, 1.82) is 0 Å². The fraction of sp³-hybridized carbons (Fsp3) is 0.591.